The Balaban J connectivity index is 1.95. The van der Waals surface area contributed by atoms with Crippen LogP contribution in [0, 0.1) is 5.92 Å². The Morgan fingerprint density at radius 2 is 2.17 bits per heavy atom. The summed E-state index contributed by atoms with van der Waals surface area (Å²) in [7, 11) is 3.74. The zero-order valence-electron chi connectivity index (χ0n) is 11.5. The van der Waals surface area contributed by atoms with Crippen molar-refractivity contribution in [2.75, 3.05) is 20.7 Å². The summed E-state index contributed by atoms with van der Waals surface area (Å²) < 4.78 is 5.18. The number of hydrogen-bond acceptors (Lipinski definition) is 3. The van der Waals surface area contributed by atoms with E-state index >= 15 is 0 Å². The summed E-state index contributed by atoms with van der Waals surface area (Å²) in [6, 6.07) is 8.22. The molecular formula is C15H23NO2. The first-order valence-electron chi connectivity index (χ1n) is 6.64. The van der Waals surface area contributed by atoms with Crippen molar-refractivity contribution in [2.45, 2.75) is 31.9 Å². The van der Waals surface area contributed by atoms with Gasteiger partial charge in [0.25, 0.3) is 0 Å². The molecule has 2 atom stereocenters. The van der Waals surface area contributed by atoms with Gasteiger partial charge in [0.1, 0.15) is 5.75 Å². The maximum atomic E-state index is 10.3. The molecule has 0 amide bonds. The Bertz CT molecular complexity index is 390. The Labute approximate surface area is 109 Å². The summed E-state index contributed by atoms with van der Waals surface area (Å²) in [6.45, 7) is 2.92. The van der Waals surface area contributed by atoms with Crippen LogP contribution in [-0.2, 0) is 0 Å². The highest BCUT2D eigenvalue weighted by Gasteiger charge is 2.31. The fraction of sp³-hybridized carbons (Fsp3) is 0.600. The lowest BCUT2D eigenvalue weighted by molar-refractivity contribution is 0.102. The van der Waals surface area contributed by atoms with E-state index in [4.69, 9.17) is 4.74 Å². The van der Waals surface area contributed by atoms with Crippen molar-refractivity contribution in [1.82, 2.24) is 4.90 Å². The molecule has 1 aromatic rings. The van der Waals surface area contributed by atoms with Gasteiger partial charge in [0.05, 0.1) is 13.2 Å². The summed E-state index contributed by atoms with van der Waals surface area (Å²) in [5.41, 5.74) is 0.921. The molecule has 0 saturated heterocycles. The maximum absolute atomic E-state index is 10.3. The van der Waals surface area contributed by atoms with Crippen molar-refractivity contribution in [3.8, 4) is 5.75 Å². The Morgan fingerprint density at radius 1 is 1.44 bits per heavy atom. The van der Waals surface area contributed by atoms with E-state index in [1.54, 1.807) is 7.11 Å². The van der Waals surface area contributed by atoms with E-state index in [0.717, 1.165) is 17.2 Å². The summed E-state index contributed by atoms with van der Waals surface area (Å²) in [6.07, 6.45) is 2.22. The van der Waals surface area contributed by atoms with Crippen LogP contribution in [0.5, 0.6) is 5.75 Å². The number of methoxy groups -OCH3 is 1. The lowest BCUT2D eigenvalue weighted by Gasteiger charge is -2.27. The van der Waals surface area contributed by atoms with Gasteiger partial charge in [-0.2, -0.15) is 0 Å². The van der Waals surface area contributed by atoms with Gasteiger partial charge in [0.2, 0.25) is 0 Å². The van der Waals surface area contributed by atoms with Crippen LogP contribution in [0.2, 0.25) is 0 Å². The van der Waals surface area contributed by atoms with Gasteiger partial charge in [0.15, 0.2) is 0 Å². The fourth-order valence-corrected chi connectivity index (χ4v) is 2.33. The highest BCUT2D eigenvalue weighted by atomic mass is 16.5. The number of rotatable bonds is 6. The maximum Gasteiger partial charge on any atom is 0.119 e. The van der Waals surface area contributed by atoms with Gasteiger partial charge in [-0.1, -0.05) is 12.1 Å². The molecule has 1 aromatic carbocycles. The van der Waals surface area contributed by atoms with Crippen molar-refractivity contribution in [3.63, 3.8) is 0 Å². The SMILES string of the molecule is COc1cccc(C(O)CN(C)C(C)C2CC2)c1. The first-order chi connectivity index (χ1) is 8.61. The second-order valence-electron chi connectivity index (χ2n) is 5.31. The predicted molar refractivity (Wildman–Crippen MR) is 72.8 cm³/mol. The summed E-state index contributed by atoms with van der Waals surface area (Å²) in [5.74, 6) is 1.62. The lowest BCUT2D eigenvalue weighted by atomic mass is 10.1. The molecule has 0 bridgehead atoms. The number of benzene rings is 1. The minimum absolute atomic E-state index is 0.453. The Kier molecular flexibility index (Phi) is 4.25. The number of hydrogen-bond donors (Lipinski definition) is 1. The number of likely N-dealkylation sites (N-methyl/N-ethyl adjacent to an activating group) is 1. The molecule has 0 heterocycles. The Morgan fingerprint density at radius 3 is 2.78 bits per heavy atom. The first-order valence-corrected chi connectivity index (χ1v) is 6.64. The second kappa shape index (κ2) is 5.72. The van der Waals surface area contributed by atoms with Crippen LogP contribution in [-0.4, -0.2) is 36.8 Å². The molecule has 18 heavy (non-hydrogen) atoms. The molecule has 100 valence electrons. The van der Waals surface area contributed by atoms with E-state index in [-0.39, 0.29) is 0 Å². The summed E-state index contributed by atoms with van der Waals surface area (Å²) >= 11 is 0. The number of ether oxygens (including phenoxy) is 1. The van der Waals surface area contributed by atoms with E-state index in [9.17, 15) is 5.11 Å². The zero-order chi connectivity index (χ0) is 13.1. The molecule has 1 aliphatic rings. The van der Waals surface area contributed by atoms with Gasteiger partial charge in [-0.05, 0) is 50.4 Å². The Hall–Kier alpha value is -1.06. The molecule has 0 aromatic heterocycles. The highest BCUT2D eigenvalue weighted by molar-refractivity contribution is 5.29. The van der Waals surface area contributed by atoms with Gasteiger partial charge >= 0.3 is 0 Å². The third-order valence-corrected chi connectivity index (χ3v) is 3.94. The van der Waals surface area contributed by atoms with E-state index in [1.807, 2.05) is 24.3 Å². The average molecular weight is 249 g/mol. The average Bonchev–Trinajstić information content (AvgIpc) is 3.22. The minimum Gasteiger partial charge on any atom is -0.497 e. The monoisotopic (exact) mass is 249 g/mol. The van der Waals surface area contributed by atoms with Crippen molar-refractivity contribution >= 4 is 0 Å². The largest absolute Gasteiger partial charge is 0.497 e. The van der Waals surface area contributed by atoms with Crippen LogP contribution < -0.4 is 4.74 Å². The second-order valence-corrected chi connectivity index (χ2v) is 5.31. The summed E-state index contributed by atoms with van der Waals surface area (Å²) in [4.78, 5) is 2.25. The molecule has 3 heteroatoms. The molecule has 0 spiro atoms. The smallest absolute Gasteiger partial charge is 0.119 e. The normalized spacial score (nSPS) is 18.7. The zero-order valence-corrected chi connectivity index (χ0v) is 11.5. The number of aliphatic hydroxyl groups is 1. The molecule has 3 nitrogen and oxygen atoms in total. The van der Waals surface area contributed by atoms with Crippen LogP contribution in [0.4, 0.5) is 0 Å². The van der Waals surface area contributed by atoms with Gasteiger partial charge in [-0.3, -0.25) is 0 Å². The number of aliphatic hydroxyl groups excluding tert-OH is 1. The molecule has 1 fully saturated rings. The van der Waals surface area contributed by atoms with Crippen LogP contribution in [0.25, 0.3) is 0 Å². The quantitative estimate of drug-likeness (QED) is 0.840. The number of nitrogens with zero attached hydrogens (tertiary/aromatic N) is 1. The van der Waals surface area contributed by atoms with Crippen molar-refractivity contribution in [1.29, 1.82) is 0 Å². The van der Waals surface area contributed by atoms with Crippen LogP contribution >= 0.6 is 0 Å². The first kappa shape index (κ1) is 13.4. The topological polar surface area (TPSA) is 32.7 Å². The molecule has 2 rings (SSSR count). The van der Waals surface area contributed by atoms with E-state index in [0.29, 0.717) is 12.6 Å². The molecular weight excluding hydrogens is 226 g/mol. The third kappa shape index (κ3) is 3.24. The highest BCUT2D eigenvalue weighted by Crippen LogP contribution is 2.35. The van der Waals surface area contributed by atoms with Crippen LogP contribution in [0.3, 0.4) is 0 Å². The van der Waals surface area contributed by atoms with Crippen LogP contribution in [0.1, 0.15) is 31.4 Å². The van der Waals surface area contributed by atoms with Crippen molar-refractivity contribution < 1.29 is 9.84 Å². The molecule has 0 radical (unpaired) electrons. The van der Waals surface area contributed by atoms with E-state index in [1.165, 1.54) is 12.8 Å². The van der Waals surface area contributed by atoms with Crippen molar-refractivity contribution in [2.24, 2.45) is 5.92 Å². The molecule has 1 aliphatic carbocycles. The molecule has 0 aliphatic heterocycles. The summed E-state index contributed by atoms with van der Waals surface area (Å²) in [5, 5.41) is 10.3. The van der Waals surface area contributed by atoms with Gasteiger partial charge in [-0.25, -0.2) is 0 Å². The molecule has 1 N–H and O–H groups in total. The lowest BCUT2D eigenvalue weighted by Crippen LogP contribution is -2.34. The standard InChI is InChI=1S/C15H23NO2/c1-11(12-7-8-12)16(2)10-15(17)13-5-4-6-14(9-13)18-3/h4-6,9,11-12,15,17H,7-8,10H2,1-3H3. The van der Waals surface area contributed by atoms with E-state index < -0.39 is 6.10 Å². The fourth-order valence-electron chi connectivity index (χ4n) is 2.33. The van der Waals surface area contributed by atoms with E-state index in [2.05, 4.69) is 18.9 Å². The predicted octanol–water partition coefficient (Wildman–Crippen LogP) is 2.46. The molecule has 2 unspecified atom stereocenters. The third-order valence-electron chi connectivity index (χ3n) is 3.94. The van der Waals surface area contributed by atoms with Crippen molar-refractivity contribution in [3.05, 3.63) is 29.8 Å². The molecule has 1 saturated carbocycles. The van der Waals surface area contributed by atoms with Crippen LogP contribution in [0.15, 0.2) is 24.3 Å². The van der Waals surface area contributed by atoms with Gasteiger partial charge in [0, 0.05) is 12.6 Å². The minimum atomic E-state index is -0.453. The van der Waals surface area contributed by atoms with Gasteiger partial charge < -0.3 is 14.7 Å². The van der Waals surface area contributed by atoms with Gasteiger partial charge in [-0.15, -0.1) is 0 Å².